The van der Waals surface area contributed by atoms with E-state index in [9.17, 15) is 4.79 Å². The third-order valence-electron chi connectivity index (χ3n) is 3.45. The zero-order valence-electron chi connectivity index (χ0n) is 10.8. The van der Waals surface area contributed by atoms with Crippen LogP contribution in [0.15, 0.2) is 0 Å². The smallest absolute Gasteiger partial charge is 0.223 e. The van der Waals surface area contributed by atoms with E-state index in [1.165, 1.54) is 0 Å². The molecule has 2 aliphatic heterocycles. The van der Waals surface area contributed by atoms with Crippen LogP contribution in [0.5, 0.6) is 0 Å². The van der Waals surface area contributed by atoms with Crippen LogP contribution in [0.2, 0.25) is 0 Å². The Hall–Kier alpha value is -0.650. The summed E-state index contributed by atoms with van der Waals surface area (Å²) in [4.78, 5) is 15.5. The fourth-order valence-electron chi connectivity index (χ4n) is 2.47. The first-order valence-corrected chi connectivity index (χ1v) is 6.32. The lowest BCUT2D eigenvalue weighted by atomic mass is 10.0. The number of carbonyl (C=O) groups excluding carboxylic acids is 1. The van der Waals surface area contributed by atoms with Gasteiger partial charge in [0, 0.05) is 33.5 Å². The Morgan fingerprint density at radius 3 is 2.71 bits per heavy atom. The van der Waals surface area contributed by atoms with Crippen molar-refractivity contribution in [3.05, 3.63) is 0 Å². The minimum atomic E-state index is -0.376. The predicted octanol–water partition coefficient (Wildman–Crippen LogP) is 0.304. The molecule has 1 spiro atoms. The molecule has 0 N–H and O–H groups in total. The van der Waals surface area contributed by atoms with Gasteiger partial charge in [0.05, 0.1) is 19.8 Å². The first-order chi connectivity index (χ1) is 8.11. The van der Waals surface area contributed by atoms with Gasteiger partial charge in [-0.15, -0.1) is 0 Å². The van der Waals surface area contributed by atoms with Crippen LogP contribution in [-0.2, 0) is 14.3 Å². The van der Waals surface area contributed by atoms with E-state index < -0.39 is 0 Å². The number of hydrogen-bond donors (Lipinski definition) is 0. The molecule has 17 heavy (non-hydrogen) atoms. The van der Waals surface area contributed by atoms with E-state index in [4.69, 9.17) is 9.47 Å². The summed E-state index contributed by atoms with van der Waals surface area (Å²) in [6, 6.07) is 0. The molecule has 2 fully saturated rings. The number of rotatable bonds is 3. The van der Waals surface area contributed by atoms with Crippen LogP contribution in [0.3, 0.4) is 0 Å². The van der Waals surface area contributed by atoms with Gasteiger partial charge in [-0.3, -0.25) is 9.69 Å². The molecule has 0 atom stereocenters. The van der Waals surface area contributed by atoms with Crippen LogP contribution >= 0.6 is 0 Å². The highest BCUT2D eigenvalue weighted by atomic mass is 16.7. The average molecular weight is 242 g/mol. The van der Waals surface area contributed by atoms with Crippen LogP contribution in [0.1, 0.15) is 19.3 Å². The fraction of sp³-hybridized carbons (Fsp3) is 0.917. The summed E-state index contributed by atoms with van der Waals surface area (Å²) in [5, 5.41) is 0. The van der Waals surface area contributed by atoms with Crippen molar-refractivity contribution in [3.8, 4) is 0 Å². The highest BCUT2D eigenvalue weighted by molar-refractivity contribution is 5.75. The standard InChI is InChI=1S/C12H22N2O3/c1-13(2)11(15)4-7-14-6-3-5-12(10-14)16-8-9-17-12/h3-10H2,1-2H3. The highest BCUT2D eigenvalue weighted by Gasteiger charge is 2.40. The molecule has 0 aromatic carbocycles. The van der Waals surface area contributed by atoms with Gasteiger partial charge in [0.1, 0.15) is 0 Å². The first kappa shape index (κ1) is 12.8. The van der Waals surface area contributed by atoms with Gasteiger partial charge in [0.15, 0.2) is 5.79 Å². The second-order valence-electron chi connectivity index (χ2n) is 5.03. The molecule has 98 valence electrons. The van der Waals surface area contributed by atoms with E-state index in [1.54, 1.807) is 19.0 Å². The summed E-state index contributed by atoms with van der Waals surface area (Å²) in [5.41, 5.74) is 0. The summed E-state index contributed by atoms with van der Waals surface area (Å²) >= 11 is 0. The van der Waals surface area contributed by atoms with Gasteiger partial charge in [0.25, 0.3) is 0 Å². The molecule has 1 amide bonds. The lowest BCUT2D eigenvalue weighted by Gasteiger charge is -2.38. The summed E-state index contributed by atoms with van der Waals surface area (Å²) in [7, 11) is 3.59. The third kappa shape index (κ3) is 3.18. The number of hydrogen-bond acceptors (Lipinski definition) is 4. The lowest BCUT2D eigenvalue weighted by Crippen LogP contribution is -2.49. The van der Waals surface area contributed by atoms with Gasteiger partial charge in [-0.05, 0) is 13.0 Å². The zero-order chi connectivity index (χ0) is 12.3. The quantitative estimate of drug-likeness (QED) is 0.714. The van der Waals surface area contributed by atoms with Gasteiger partial charge in [-0.2, -0.15) is 0 Å². The van der Waals surface area contributed by atoms with Crippen LogP contribution in [0, 0.1) is 0 Å². The maximum Gasteiger partial charge on any atom is 0.223 e. The molecule has 5 heteroatoms. The zero-order valence-corrected chi connectivity index (χ0v) is 10.8. The van der Waals surface area contributed by atoms with E-state index >= 15 is 0 Å². The van der Waals surface area contributed by atoms with Crippen molar-refractivity contribution in [2.45, 2.75) is 25.0 Å². The monoisotopic (exact) mass is 242 g/mol. The summed E-state index contributed by atoms with van der Waals surface area (Å²) in [5.74, 6) is -0.197. The molecule has 2 heterocycles. The highest BCUT2D eigenvalue weighted by Crippen LogP contribution is 2.29. The van der Waals surface area contributed by atoms with Crippen molar-refractivity contribution in [2.75, 3.05) is 46.9 Å². The molecule has 0 aliphatic carbocycles. The second kappa shape index (κ2) is 5.33. The first-order valence-electron chi connectivity index (χ1n) is 6.32. The van der Waals surface area contributed by atoms with Crippen LogP contribution in [0.4, 0.5) is 0 Å². The van der Waals surface area contributed by atoms with Gasteiger partial charge < -0.3 is 14.4 Å². The molecular formula is C12H22N2O3. The predicted molar refractivity (Wildman–Crippen MR) is 63.6 cm³/mol. The van der Waals surface area contributed by atoms with Crippen molar-refractivity contribution in [2.24, 2.45) is 0 Å². The van der Waals surface area contributed by atoms with E-state index in [0.717, 1.165) is 32.5 Å². The number of carbonyl (C=O) groups is 1. The number of amides is 1. The maximum atomic E-state index is 11.5. The van der Waals surface area contributed by atoms with E-state index in [0.29, 0.717) is 19.6 Å². The molecule has 0 saturated carbocycles. The number of piperidine rings is 1. The van der Waals surface area contributed by atoms with Crippen LogP contribution in [0.25, 0.3) is 0 Å². The molecular weight excluding hydrogens is 220 g/mol. The van der Waals surface area contributed by atoms with Gasteiger partial charge in [-0.1, -0.05) is 0 Å². The Morgan fingerprint density at radius 1 is 1.35 bits per heavy atom. The summed E-state index contributed by atoms with van der Waals surface area (Å²) < 4.78 is 11.4. The number of ether oxygens (including phenoxy) is 2. The Balaban J connectivity index is 1.79. The Labute approximate surface area is 103 Å². The van der Waals surface area contributed by atoms with Crippen molar-refractivity contribution in [3.63, 3.8) is 0 Å². The Morgan fingerprint density at radius 2 is 2.06 bits per heavy atom. The van der Waals surface area contributed by atoms with Crippen molar-refractivity contribution < 1.29 is 14.3 Å². The minimum Gasteiger partial charge on any atom is -0.349 e. The fourth-order valence-corrected chi connectivity index (χ4v) is 2.47. The SMILES string of the molecule is CN(C)C(=O)CCN1CCCC2(C1)OCCO2. The van der Waals surface area contributed by atoms with Crippen molar-refractivity contribution in [1.29, 1.82) is 0 Å². The summed E-state index contributed by atoms with van der Waals surface area (Å²) in [6.45, 7) is 4.03. The Bertz CT molecular complexity index is 275. The van der Waals surface area contributed by atoms with Crippen molar-refractivity contribution >= 4 is 5.91 Å². The van der Waals surface area contributed by atoms with Gasteiger partial charge in [0.2, 0.25) is 5.91 Å². The molecule has 0 bridgehead atoms. The molecule has 0 aromatic rings. The third-order valence-corrected chi connectivity index (χ3v) is 3.45. The normalized spacial score (nSPS) is 24.1. The lowest BCUT2D eigenvalue weighted by molar-refractivity contribution is -0.189. The van der Waals surface area contributed by atoms with Crippen LogP contribution in [-0.4, -0.2) is 68.4 Å². The van der Waals surface area contributed by atoms with E-state index in [2.05, 4.69) is 4.90 Å². The molecule has 0 aromatic heterocycles. The molecule has 2 aliphatic rings. The average Bonchev–Trinajstić information content (AvgIpc) is 2.74. The van der Waals surface area contributed by atoms with E-state index in [-0.39, 0.29) is 11.7 Å². The molecule has 2 rings (SSSR count). The summed E-state index contributed by atoms with van der Waals surface area (Å²) in [6.07, 6.45) is 2.63. The minimum absolute atomic E-state index is 0.179. The molecule has 2 saturated heterocycles. The van der Waals surface area contributed by atoms with Crippen LogP contribution < -0.4 is 0 Å². The molecule has 0 radical (unpaired) electrons. The Kier molecular flexibility index (Phi) is 4.01. The largest absolute Gasteiger partial charge is 0.349 e. The number of nitrogens with zero attached hydrogens (tertiary/aromatic N) is 2. The number of likely N-dealkylation sites (tertiary alicyclic amines) is 1. The van der Waals surface area contributed by atoms with Crippen molar-refractivity contribution in [1.82, 2.24) is 9.80 Å². The maximum absolute atomic E-state index is 11.5. The molecule has 0 unspecified atom stereocenters. The molecule has 5 nitrogen and oxygen atoms in total. The topological polar surface area (TPSA) is 42.0 Å². The van der Waals surface area contributed by atoms with E-state index in [1.807, 2.05) is 0 Å². The second-order valence-corrected chi connectivity index (χ2v) is 5.03. The van der Waals surface area contributed by atoms with Gasteiger partial charge >= 0.3 is 0 Å². The van der Waals surface area contributed by atoms with Gasteiger partial charge in [-0.25, -0.2) is 0 Å².